The molecule has 0 aromatic heterocycles. The number of benzene rings is 1. The molecule has 0 saturated carbocycles. The van der Waals surface area contributed by atoms with Crippen LogP contribution < -0.4 is 0 Å². The lowest BCUT2D eigenvalue weighted by atomic mass is 10.2. The highest BCUT2D eigenvalue weighted by Gasteiger charge is 1.98. The van der Waals surface area contributed by atoms with Crippen molar-refractivity contribution < 1.29 is 14.3 Å². The number of esters is 1. The topological polar surface area (TPSA) is 35.5 Å². The summed E-state index contributed by atoms with van der Waals surface area (Å²) >= 11 is 0. The summed E-state index contributed by atoms with van der Waals surface area (Å²) in [5.41, 5.74) is 1.17. The van der Waals surface area contributed by atoms with E-state index in [1.807, 2.05) is 42.5 Å². The van der Waals surface area contributed by atoms with E-state index in [-0.39, 0.29) is 5.97 Å². The fraction of sp³-hybridized carbons (Fsp3) is 0.312. The van der Waals surface area contributed by atoms with Gasteiger partial charge in [-0.3, -0.25) is 0 Å². The molecule has 1 aromatic rings. The summed E-state index contributed by atoms with van der Waals surface area (Å²) in [6, 6.07) is 10.1. The van der Waals surface area contributed by atoms with Crippen molar-refractivity contribution in [2.45, 2.75) is 20.3 Å². The molecular formula is C16H20O3. The molecule has 3 nitrogen and oxygen atoms in total. The molecule has 102 valence electrons. The lowest BCUT2D eigenvalue weighted by molar-refractivity contribution is -0.137. The molecule has 0 atom stereocenters. The van der Waals surface area contributed by atoms with Crippen molar-refractivity contribution in [3.05, 3.63) is 53.8 Å². The number of carbonyl (C=O) groups excluding carboxylic acids is 1. The van der Waals surface area contributed by atoms with Crippen molar-refractivity contribution in [1.82, 2.24) is 0 Å². The second-order valence-corrected chi connectivity index (χ2v) is 3.96. The third-order valence-corrected chi connectivity index (χ3v) is 2.33. The van der Waals surface area contributed by atoms with Crippen LogP contribution in [0.5, 0.6) is 0 Å². The fourth-order valence-corrected chi connectivity index (χ4v) is 1.46. The largest absolute Gasteiger partial charge is 0.498 e. The van der Waals surface area contributed by atoms with Crippen molar-refractivity contribution in [1.29, 1.82) is 0 Å². The van der Waals surface area contributed by atoms with Gasteiger partial charge in [0.1, 0.15) is 5.76 Å². The molecule has 1 rings (SSSR count). The van der Waals surface area contributed by atoms with Gasteiger partial charge in [0.15, 0.2) is 0 Å². The minimum Gasteiger partial charge on any atom is -0.498 e. The maximum atomic E-state index is 11.1. The first kappa shape index (κ1) is 15.0. The molecule has 0 aliphatic rings. The van der Waals surface area contributed by atoms with Crippen LogP contribution in [0.1, 0.15) is 25.8 Å². The predicted molar refractivity (Wildman–Crippen MR) is 76.4 cm³/mol. The van der Waals surface area contributed by atoms with Crippen LogP contribution in [0.25, 0.3) is 6.08 Å². The van der Waals surface area contributed by atoms with Gasteiger partial charge in [-0.25, -0.2) is 4.79 Å². The Hall–Kier alpha value is -2.03. The van der Waals surface area contributed by atoms with Crippen LogP contribution in [-0.2, 0) is 14.3 Å². The van der Waals surface area contributed by atoms with Crippen LogP contribution in [0.4, 0.5) is 0 Å². The van der Waals surface area contributed by atoms with Gasteiger partial charge >= 0.3 is 5.97 Å². The number of hydrogen-bond donors (Lipinski definition) is 0. The van der Waals surface area contributed by atoms with E-state index in [1.165, 1.54) is 11.6 Å². The second-order valence-electron chi connectivity index (χ2n) is 3.96. The molecule has 0 aliphatic heterocycles. The molecule has 1 aromatic carbocycles. The van der Waals surface area contributed by atoms with Crippen molar-refractivity contribution >= 4 is 12.0 Å². The highest BCUT2D eigenvalue weighted by molar-refractivity contribution is 5.82. The summed E-state index contributed by atoms with van der Waals surface area (Å²) < 4.78 is 10.2. The van der Waals surface area contributed by atoms with Gasteiger partial charge in [0.05, 0.1) is 19.3 Å². The van der Waals surface area contributed by atoms with E-state index in [2.05, 4.69) is 0 Å². The van der Waals surface area contributed by atoms with E-state index in [9.17, 15) is 4.79 Å². The molecule has 0 fully saturated rings. The molecule has 19 heavy (non-hydrogen) atoms. The second kappa shape index (κ2) is 8.97. The van der Waals surface area contributed by atoms with Crippen molar-refractivity contribution in [3.63, 3.8) is 0 Å². The normalized spacial score (nSPS) is 11.6. The number of allylic oxidation sites excluding steroid dienone is 1. The Morgan fingerprint density at radius 2 is 1.95 bits per heavy atom. The van der Waals surface area contributed by atoms with Gasteiger partial charge < -0.3 is 9.47 Å². The van der Waals surface area contributed by atoms with Crippen LogP contribution in [0, 0.1) is 0 Å². The van der Waals surface area contributed by atoms with Crippen LogP contribution in [0.2, 0.25) is 0 Å². The van der Waals surface area contributed by atoms with Crippen LogP contribution in [-0.4, -0.2) is 19.2 Å². The first-order valence-corrected chi connectivity index (χ1v) is 6.42. The Morgan fingerprint density at radius 1 is 1.21 bits per heavy atom. The summed E-state index contributed by atoms with van der Waals surface area (Å²) in [6.45, 7) is 4.45. The van der Waals surface area contributed by atoms with Gasteiger partial charge in [-0.2, -0.15) is 0 Å². The predicted octanol–water partition coefficient (Wildman–Crippen LogP) is 3.57. The van der Waals surface area contributed by atoms with Crippen LogP contribution >= 0.6 is 0 Å². The number of carbonyl (C=O) groups is 1. The zero-order valence-corrected chi connectivity index (χ0v) is 11.5. The van der Waals surface area contributed by atoms with Crippen molar-refractivity contribution in [3.8, 4) is 0 Å². The first-order chi connectivity index (χ1) is 9.22. The maximum Gasteiger partial charge on any atom is 0.334 e. The van der Waals surface area contributed by atoms with E-state index in [1.54, 1.807) is 13.8 Å². The molecule has 0 heterocycles. The van der Waals surface area contributed by atoms with Crippen molar-refractivity contribution in [2.75, 3.05) is 13.2 Å². The Balaban J connectivity index is 2.24. The van der Waals surface area contributed by atoms with Gasteiger partial charge in [0, 0.05) is 0 Å². The molecule has 0 unspecified atom stereocenters. The van der Waals surface area contributed by atoms with E-state index >= 15 is 0 Å². The van der Waals surface area contributed by atoms with Gasteiger partial charge in [0.2, 0.25) is 0 Å². The Kier molecular flexibility index (Phi) is 7.10. The number of ether oxygens (including phenoxy) is 2. The molecule has 3 heteroatoms. The summed E-state index contributed by atoms with van der Waals surface area (Å²) in [5, 5.41) is 0. The average Bonchev–Trinajstić information content (AvgIpc) is 2.39. The van der Waals surface area contributed by atoms with E-state index in [0.29, 0.717) is 19.0 Å². The molecule has 0 aliphatic carbocycles. The Bertz CT molecular complexity index is 433. The van der Waals surface area contributed by atoms with E-state index in [0.717, 1.165) is 6.42 Å². The number of rotatable bonds is 7. The molecule has 0 radical (unpaired) electrons. The van der Waals surface area contributed by atoms with Gasteiger partial charge in [-0.05, 0) is 25.8 Å². The smallest absolute Gasteiger partial charge is 0.334 e. The zero-order valence-electron chi connectivity index (χ0n) is 11.5. The summed E-state index contributed by atoms with van der Waals surface area (Å²) in [4.78, 5) is 11.1. The molecule has 0 amide bonds. The summed E-state index contributed by atoms with van der Waals surface area (Å²) in [5.74, 6) is 0.214. The van der Waals surface area contributed by atoms with Gasteiger partial charge in [-0.1, -0.05) is 42.5 Å². The zero-order chi connectivity index (χ0) is 13.9. The maximum absolute atomic E-state index is 11.1. The Morgan fingerprint density at radius 3 is 2.63 bits per heavy atom. The summed E-state index contributed by atoms with van der Waals surface area (Å²) in [7, 11) is 0. The van der Waals surface area contributed by atoms with Crippen molar-refractivity contribution in [2.24, 2.45) is 0 Å². The number of hydrogen-bond acceptors (Lipinski definition) is 3. The molecule has 0 saturated heterocycles. The fourth-order valence-electron chi connectivity index (χ4n) is 1.46. The molecular weight excluding hydrogens is 240 g/mol. The summed E-state index contributed by atoms with van der Waals surface area (Å²) in [6.07, 6.45) is 6.26. The van der Waals surface area contributed by atoms with E-state index in [4.69, 9.17) is 9.47 Å². The van der Waals surface area contributed by atoms with Gasteiger partial charge in [-0.15, -0.1) is 0 Å². The SMILES string of the molecule is CCOC(=O)/C=C(\C)OCC/C=C\c1ccccc1. The van der Waals surface area contributed by atoms with E-state index < -0.39 is 0 Å². The Labute approximate surface area is 114 Å². The van der Waals surface area contributed by atoms with Crippen LogP contribution in [0.3, 0.4) is 0 Å². The minimum absolute atomic E-state index is 0.361. The monoisotopic (exact) mass is 260 g/mol. The lowest BCUT2D eigenvalue weighted by Crippen LogP contribution is -2.02. The first-order valence-electron chi connectivity index (χ1n) is 6.42. The molecule has 0 spiro atoms. The minimum atomic E-state index is -0.361. The van der Waals surface area contributed by atoms with Gasteiger partial charge in [0.25, 0.3) is 0 Å². The molecule has 0 bridgehead atoms. The molecule has 0 N–H and O–H groups in total. The highest BCUT2D eigenvalue weighted by atomic mass is 16.5. The van der Waals surface area contributed by atoms with Crippen LogP contribution in [0.15, 0.2) is 48.2 Å². The lowest BCUT2D eigenvalue weighted by Gasteiger charge is -2.04. The highest BCUT2D eigenvalue weighted by Crippen LogP contribution is 2.03. The average molecular weight is 260 g/mol. The third kappa shape index (κ3) is 7.09. The standard InChI is InChI=1S/C16H20O3/c1-3-18-16(17)13-14(2)19-12-8-7-11-15-9-5-4-6-10-15/h4-7,9-11,13H,3,8,12H2,1-2H3/b11-7-,14-13+. The third-order valence-electron chi connectivity index (χ3n) is 2.33. The quantitative estimate of drug-likeness (QED) is 0.325.